The van der Waals surface area contributed by atoms with E-state index in [2.05, 4.69) is 28.6 Å². The molecule has 1 aliphatic rings. The molecule has 0 spiro atoms. The van der Waals surface area contributed by atoms with E-state index in [9.17, 15) is 0 Å². The highest BCUT2D eigenvalue weighted by Gasteiger charge is 2.22. The first kappa shape index (κ1) is 12.0. The van der Waals surface area contributed by atoms with Crippen LogP contribution in [0.4, 0.5) is 5.69 Å². The van der Waals surface area contributed by atoms with E-state index >= 15 is 0 Å². The number of rotatable bonds is 3. The van der Waals surface area contributed by atoms with Crippen molar-refractivity contribution in [3.05, 3.63) is 23.0 Å². The van der Waals surface area contributed by atoms with Crippen molar-refractivity contribution < 1.29 is 4.74 Å². The lowest BCUT2D eigenvalue weighted by Gasteiger charge is -2.37. The van der Waals surface area contributed by atoms with E-state index in [0.29, 0.717) is 10.7 Å². The van der Waals surface area contributed by atoms with E-state index in [1.165, 1.54) is 0 Å². The summed E-state index contributed by atoms with van der Waals surface area (Å²) in [6, 6.07) is 5.56. The molecule has 3 nitrogen and oxygen atoms in total. The molecule has 1 aliphatic heterocycles. The third-order valence-corrected chi connectivity index (χ3v) is 3.17. The molecule has 1 fully saturated rings. The monoisotopic (exact) mass is 255 g/mol. The van der Waals surface area contributed by atoms with Crippen LogP contribution in [-0.2, 0) is 4.74 Å². The number of aromatic nitrogens is 1. The molecule has 1 saturated heterocycles. The normalized spacial score (nSPS) is 21.1. The Labute approximate surface area is 106 Å². The van der Waals surface area contributed by atoms with Crippen molar-refractivity contribution >= 4 is 30.5 Å². The average Bonchev–Trinajstić information content (AvgIpc) is 2.30. The van der Waals surface area contributed by atoms with Gasteiger partial charge in [-0.3, -0.25) is 0 Å². The lowest BCUT2D eigenvalue weighted by molar-refractivity contribution is 0.0933. The Kier molecular flexibility index (Phi) is 4.26. The van der Waals surface area contributed by atoms with E-state index in [-0.39, 0.29) is 0 Å². The summed E-state index contributed by atoms with van der Waals surface area (Å²) >= 11 is 9.37. The molecule has 5 heteroatoms. The number of hydrogen-bond donors (Lipinski definition) is 2. The molecule has 16 heavy (non-hydrogen) atoms. The fraction of sp³-hybridized carbons (Fsp3) is 0.545. The van der Waals surface area contributed by atoms with E-state index in [4.69, 9.17) is 17.0 Å². The van der Waals surface area contributed by atoms with Gasteiger partial charge < -0.3 is 14.6 Å². The Hall–Kier alpha value is -0.520. The number of nitrogens with one attached hydrogen (secondary N) is 1. The van der Waals surface area contributed by atoms with Crippen LogP contribution in [0.5, 0.6) is 0 Å². The Morgan fingerprint density at radius 3 is 3.31 bits per heavy atom. The minimum atomic E-state index is 0.388. The Balaban J connectivity index is 2.19. The Morgan fingerprint density at radius 1 is 1.69 bits per heavy atom. The van der Waals surface area contributed by atoms with Gasteiger partial charge in [-0.1, -0.05) is 12.2 Å². The summed E-state index contributed by atoms with van der Waals surface area (Å²) in [5, 5.41) is 0. The lowest BCUT2D eigenvalue weighted by Crippen LogP contribution is -2.45. The van der Waals surface area contributed by atoms with Gasteiger partial charge in [-0.2, -0.15) is 12.6 Å². The van der Waals surface area contributed by atoms with Crippen LogP contribution < -0.4 is 4.90 Å². The summed E-state index contributed by atoms with van der Waals surface area (Å²) in [4.78, 5) is 5.25. The number of hydrogen-bond acceptors (Lipinski definition) is 4. The first-order valence-electron chi connectivity index (χ1n) is 5.37. The van der Waals surface area contributed by atoms with Gasteiger partial charge >= 0.3 is 0 Å². The number of thiol groups is 1. The maximum Gasteiger partial charge on any atom is 0.113 e. The zero-order valence-electron chi connectivity index (χ0n) is 8.98. The van der Waals surface area contributed by atoms with Crippen LogP contribution in [0, 0.1) is 10.7 Å². The summed E-state index contributed by atoms with van der Waals surface area (Å²) in [5.74, 6) is 0.865. The van der Waals surface area contributed by atoms with Crippen molar-refractivity contribution in [3.63, 3.8) is 0 Å². The van der Waals surface area contributed by atoms with Crippen LogP contribution in [0.15, 0.2) is 12.3 Å². The van der Waals surface area contributed by atoms with Gasteiger partial charge in [-0.05, 0) is 18.2 Å². The number of H-pyrrole nitrogens is 1. The Morgan fingerprint density at radius 2 is 2.56 bits per heavy atom. The van der Waals surface area contributed by atoms with Gasteiger partial charge in [0.05, 0.1) is 19.3 Å². The van der Waals surface area contributed by atoms with E-state index in [1.807, 2.05) is 12.3 Å². The maximum atomic E-state index is 5.49. The molecule has 1 N–H and O–H groups in total. The van der Waals surface area contributed by atoms with E-state index in [0.717, 1.165) is 37.6 Å². The summed E-state index contributed by atoms with van der Waals surface area (Å²) < 4.78 is 6.14. The van der Waals surface area contributed by atoms with Gasteiger partial charge in [0.1, 0.15) is 4.64 Å². The van der Waals surface area contributed by atoms with Gasteiger partial charge in [-0.25, -0.2) is 0 Å². The SMILES string of the molecule is S=c1[c]c(N2CCOCC2CCS)cc[nH]1. The molecule has 0 saturated carbocycles. The molecule has 0 bridgehead atoms. The molecule has 0 amide bonds. The first-order chi connectivity index (χ1) is 7.81. The highest BCUT2D eigenvalue weighted by molar-refractivity contribution is 7.80. The standard InChI is InChI=1S/C11H15N2OS2/c15-6-2-10-8-14-5-4-13(10)9-1-3-12-11(16)7-9/h1,3,10,15H,2,4-6,8H2,(H,12,16). The van der Waals surface area contributed by atoms with Crippen LogP contribution >= 0.6 is 24.8 Å². The number of morpholine rings is 1. The largest absolute Gasteiger partial charge is 0.377 e. The third-order valence-electron chi connectivity index (χ3n) is 2.70. The molecule has 2 heterocycles. The quantitative estimate of drug-likeness (QED) is 0.640. The highest BCUT2D eigenvalue weighted by atomic mass is 32.1. The van der Waals surface area contributed by atoms with Gasteiger partial charge in [0.2, 0.25) is 0 Å². The molecular formula is C11H15N2OS2. The molecule has 1 radical (unpaired) electrons. The zero-order valence-corrected chi connectivity index (χ0v) is 10.7. The maximum absolute atomic E-state index is 5.49. The van der Waals surface area contributed by atoms with Crippen molar-refractivity contribution in [3.8, 4) is 0 Å². The van der Waals surface area contributed by atoms with Crippen LogP contribution in [0.1, 0.15) is 6.42 Å². The highest BCUT2D eigenvalue weighted by Crippen LogP contribution is 2.20. The zero-order chi connectivity index (χ0) is 11.4. The number of aromatic amines is 1. The van der Waals surface area contributed by atoms with Crippen molar-refractivity contribution in [2.45, 2.75) is 12.5 Å². The van der Waals surface area contributed by atoms with Gasteiger partial charge in [0.25, 0.3) is 0 Å². The van der Waals surface area contributed by atoms with Crippen molar-refractivity contribution in [2.75, 3.05) is 30.4 Å². The summed E-state index contributed by atoms with van der Waals surface area (Å²) in [6.07, 6.45) is 2.88. The van der Waals surface area contributed by atoms with Crippen molar-refractivity contribution in [1.82, 2.24) is 4.98 Å². The fourth-order valence-corrected chi connectivity index (χ4v) is 2.39. The molecule has 1 aromatic heterocycles. The second-order valence-corrected chi connectivity index (χ2v) is 4.61. The molecule has 2 rings (SSSR count). The summed E-state index contributed by atoms with van der Waals surface area (Å²) in [6.45, 7) is 2.43. The second kappa shape index (κ2) is 5.70. The topological polar surface area (TPSA) is 28.3 Å². The van der Waals surface area contributed by atoms with Crippen LogP contribution in [0.3, 0.4) is 0 Å². The summed E-state index contributed by atoms with van der Waals surface area (Å²) in [5.41, 5.74) is 1.05. The van der Waals surface area contributed by atoms with Crippen molar-refractivity contribution in [1.29, 1.82) is 0 Å². The van der Waals surface area contributed by atoms with Gasteiger partial charge in [0.15, 0.2) is 0 Å². The molecular weight excluding hydrogens is 240 g/mol. The van der Waals surface area contributed by atoms with Crippen molar-refractivity contribution in [2.24, 2.45) is 0 Å². The van der Waals surface area contributed by atoms with E-state index in [1.54, 1.807) is 0 Å². The number of nitrogens with zero attached hydrogens (tertiary/aromatic N) is 1. The molecule has 1 aromatic rings. The molecule has 1 unspecified atom stereocenters. The number of anilines is 1. The fourth-order valence-electron chi connectivity index (χ4n) is 1.92. The lowest BCUT2D eigenvalue weighted by atomic mass is 10.1. The predicted molar refractivity (Wildman–Crippen MR) is 70.9 cm³/mol. The minimum absolute atomic E-state index is 0.388. The predicted octanol–water partition coefficient (Wildman–Crippen LogP) is 2.07. The van der Waals surface area contributed by atoms with E-state index < -0.39 is 0 Å². The smallest absolute Gasteiger partial charge is 0.113 e. The average molecular weight is 255 g/mol. The van der Waals surface area contributed by atoms with Gasteiger partial charge in [0, 0.05) is 24.5 Å². The molecule has 0 aliphatic carbocycles. The number of ether oxygens (including phenoxy) is 1. The van der Waals surface area contributed by atoms with Crippen LogP contribution in [0.25, 0.3) is 0 Å². The second-order valence-electron chi connectivity index (χ2n) is 3.75. The molecule has 1 atom stereocenters. The minimum Gasteiger partial charge on any atom is -0.377 e. The van der Waals surface area contributed by atoms with Gasteiger partial charge in [-0.15, -0.1) is 0 Å². The molecule has 0 aromatic carbocycles. The third kappa shape index (κ3) is 2.78. The Bertz CT molecular complexity index is 392. The van der Waals surface area contributed by atoms with Crippen LogP contribution in [-0.4, -0.2) is 36.5 Å². The summed E-state index contributed by atoms with van der Waals surface area (Å²) in [7, 11) is 0. The van der Waals surface area contributed by atoms with Crippen LogP contribution in [0.2, 0.25) is 0 Å². The first-order valence-corrected chi connectivity index (χ1v) is 6.41. The molecule has 87 valence electrons. The number of pyridine rings is 1.